The summed E-state index contributed by atoms with van der Waals surface area (Å²) in [6, 6.07) is 5.84. The molecule has 0 saturated carbocycles. The topological polar surface area (TPSA) is 73.1 Å². The smallest absolute Gasteiger partial charge is 0.229 e. The lowest BCUT2D eigenvalue weighted by molar-refractivity contribution is -0.140. The van der Waals surface area contributed by atoms with Gasteiger partial charge in [0.1, 0.15) is 5.65 Å². The lowest BCUT2D eigenvalue weighted by atomic mass is 9.93. The van der Waals surface area contributed by atoms with Crippen LogP contribution in [0.3, 0.4) is 0 Å². The lowest BCUT2D eigenvalue weighted by Gasteiger charge is -2.44. The first-order chi connectivity index (χ1) is 16.3. The minimum absolute atomic E-state index is 0.0286. The number of carbonyl (C=O) groups excluding carboxylic acids is 1. The molecule has 2 aliphatic rings. The van der Waals surface area contributed by atoms with Crippen molar-refractivity contribution in [3.63, 3.8) is 0 Å². The summed E-state index contributed by atoms with van der Waals surface area (Å²) in [5.74, 6) is 0.177. The third-order valence-corrected chi connectivity index (χ3v) is 7.24. The van der Waals surface area contributed by atoms with Crippen LogP contribution in [-0.2, 0) is 10.3 Å². The number of anilines is 2. The second-order valence-corrected chi connectivity index (χ2v) is 9.76. The molecule has 2 fully saturated rings. The van der Waals surface area contributed by atoms with Gasteiger partial charge in [0.2, 0.25) is 11.9 Å². The Bertz CT molecular complexity index is 1200. The highest BCUT2D eigenvalue weighted by Crippen LogP contribution is 2.32. The number of rotatable bonds is 5. The van der Waals surface area contributed by atoms with Crippen molar-refractivity contribution < 1.29 is 9.18 Å². The van der Waals surface area contributed by atoms with Crippen LogP contribution < -0.4 is 9.80 Å². The van der Waals surface area contributed by atoms with E-state index < -0.39 is 11.4 Å². The monoisotopic (exact) mass is 466 g/mol. The van der Waals surface area contributed by atoms with Crippen LogP contribution in [0, 0.1) is 11.7 Å². The number of halogens is 1. The van der Waals surface area contributed by atoms with E-state index in [1.807, 2.05) is 60.8 Å². The van der Waals surface area contributed by atoms with E-state index in [0.717, 1.165) is 37.5 Å². The number of aromatic nitrogens is 4. The van der Waals surface area contributed by atoms with Gasteiger partial charge in [0, 0.05) is 52.5 Å². The van der Waals surface area contributed by atoms with Crippen molar-refractivity contribution >= 4 is 23.3 Å². The molecule has 0 spiro atoms. The van der Waals surface area contributed by atoms with E-state index in [9.17, 15) is 9.18 Å². The zero-order chi connectivity index (χ0) is 24.0. The maximum Gasteiger partial charge on any atom is 0.229 e. The van der Waals surface area contributed by atoms with Crippen LogP contribution in [-0.4, -0.2) is 88.4 Å². The Labute approximate surface area is 198 Å². The summed E-state index contributed by atoms with van der Waals surface area (Å²) in [5, 5.41) is 0. The van der Waals surface area contributed by atoms with Gasteiger partial charge in [0.25, 0.3) is 0 Å². The van der Waals surface area contributed by atoms with Gasteiger partial charge < -0.3 is 24.0 Å². The van der Waals surface area contributed by atoms with Crippen LogP contribution >= 0.6 is 0 Å². The quantitative estimate of drug-likeness (QED) is 0.568. The van der Waals surface area contributed by atoms with Crippen molar-refractivity contribution in [3.8, 4) is 0 Å². The first kappa shape index (κ1) is 22.5. The predicted octanol–water partition coefficient (Wildman–Crippen LogP) is 1.85. The van der Waals surface area contributed by atoms with Gasteiger partial charge in [-0.2, -0.15) is 4.98 Å². The van der Waals surface area contributed by atoms with Gasteiger partial charge in [-0.1, -0.05) is 6.07 Å². The number of hydrogen-bond acceptors (Lipinski definition) is 7. The molecule has 180 valence electrons. The molecule has 0 unspecified atom stereocenters. The van der Waals surface area contributed by atoms with E-state index in [2.05, 4.69) is 31.8 Å². The summed E-state index contributed by atoms with van der Waals surface area (Å²) in [6.07, 6.45) is 5.02. The molecule has 5 rings (SSSR count). The Morgan fingerprint density at radius 3 is 2.56 bits per heavy atom. The number of imidazole rings is 1. The molecule has 3 aromatic rings. The molecule has 5 heterocycles. The van der Waals surface area contributed by atoms with Crippen molar-refractivity contribution in [2.45, 2.75) is 19.4 Å². The summed E-state index contributed by atoms with van der Waals surface area (Å²) < 4.78 is 16.6. The zero-order valence-corrected chi connectivity index (χ0v) is 20.1. The lowest BCUT2D eigenvalue weighted by Crippen LogP contribution is -2.57. The number of piperazine rings is 1. The summed E-state index contributed by atoms with van der Waals surface area (Å²) in [5.41, 5.74) is 1.22. The SMILES string of the molecule is CN1CCN(c2ncc(F)c(N3CC(C(=O)N(C)C(C)(C)c4cnc5ccccn45)C3)n2)CC1. The molecule has 10 heteroatoms. The highest BCUT2D eigenvalue weighted by molar-refractivity contribution is 5.82. The van der Waals surface area contributed by atoms with Crippen molar-refractivity contribution in [1.29, 1.82) is 0 Å². The minimum atomic E-state index is -0.562. The van der Waals surface area contributed by atoms with Crippen LogP contribution in [0.15, 0.2) is 36.8 Å². The Hall–Kier alpha value is -3.27. The largest absolute Gasteiger partial charge is 0.352 e. The molecular formula is C24H31FN8O. The van der Waals surface area contributed by atoms with E-state index in [4.69, 9.17) is 0 Å². The molecule has 0 bridgehead atoms. The second-order valence-electron chi connectivity index (χ2n) is 9.76. The summed E-state index contributed by atoms with van der Waals surface area (Å²) in [7, 11) is 3.91. The number of pyridine rings is 1. The fraction of sp³-hybridized carbons (Fsp3) is 0.500. The van der Waals surface area contributed by atoms with Crippen LogP contribution in [0.1, 0.15) is 19.5 Å². The Morgan fingerprint density at radius 1 is 1.09 bits per heavy atom. The number of fused-ring (bicyclic) bond motifs is 1. The summed E-state index contributed by atoms with van der Waals surface area (Å²) in [6.45, 7) is 8.37. The third kappa shape index (κ3) is 3.85. The van der Waals surface area contributed by atoms with Crippen LogP contribution in [0.4, 0.5) is 16.2 Å². The van der Waals surface area contributed by atoms with E-state index >= 15 is 0 Å². The molecule has 3 aromatic heterocycles. The Balaban J connectivity index is 1.27. The molecule has 2 saturated heterocycles. The fourth-order valence-corrected chi connectivity index (χ4v) is 4.64. The Morgan fingerprint density at radius 2 is 1.82 bits per heavy atom. The first-order valence-corrected chi connectivity index (χ1v) is 11.7. The van der Waals surface area contributed by atoms with Crippen LogP contribution in [0.25, 0.3) is 5.65 Å². The average molecular weight is 467 g/mol. The number of hydrogen-bond donors (Lipinski definition) is 0. The van der Waals surface area contributed by atoms with Crippen LogP contribution in [0.2, 0.25) is 0 Å². The summed E-state index contributed by atoms with van der Waals surface area (Å²) >= 11 is 0. The highest BCUT2D eigenvalue weighted by atomic mass is 19.1. The van der Waals surface area contributed by atoms with Gasteiger partial charge in [-0.3, -0.25) is 4.79 Å². The van der Waals surface area contributed by atoms with E-state index in [-0.39, 0.29) is 17.6 Å². The number of amides is 1. The molecular weight excluding hydrogens is 435 g/mol. The van der Waals surface area contributed by atoms with Gasteiger partial charge >= 0.3 is 0 Å². The van der Waals surface area contributed by atoms with E-state index in [1.54, 1.807) is 4.90 Å². The van der Waals surface area contributed by atoms with E-state index in [1.165, 1.54) is 6.20 Å². The predicted molar refractivity (Wildman–Crippen MR) is 128 cm³/mol. The molecule has 0 N–H and O–H groups in total. The molecule has 0 aromatic carbocycles. The minimum Gasteiger partial charge on any atom is -0.352 e. The third-order valence-electron chi connectivity index (χ3n) is 7.24. The molecule has 0 atom stereocenters. The van der Waals surface area contributed by atoms with Gasteiger partial charge in [-0.15, -0.1) is 0 Å². The zero-order valence-electron chi connectivity index (χ0n) is 20.1. The maximum atomic E-state index is 14.6. The first-order valence-electron chi connectivity index (χ1n) is 11.7. The van der Waals surface area contributed by atoms with Gasteiger partial charge in [0.15, 0.2) is 11.6 Å². The van der Waals surface area contributed by atoms with Crippen molar-refractivity contribution in [3.05, 3.63) is 48.3 Å². The van der Waals surface area contributed by atoms with Crippen molar-refractivity contribution in [1.82, 2.24) is 29.2 Å². The standard InChI is InChI=1S/C24H31FN8O/c1-24(2,19-14-26-20-7-5-6-8-33(19)20)30(4)22(34)17-15-32(16-17)21-18(25)13-27-23(28-21)31-11-9-29(3)10-12-31/h5-8,13-14,17H,9-12,15-16H2,1-4H3. The van der Waals surface area contributed by atoms with Gasteiger partial charge in [-0.25, -0.2) is 14.4 Å². The molecule has 2 aliphatic heterocycles. The Kier molecular flexibility index (Phi) is 5.63. The van der Waals surface area contributed by atoms with Gasteiger partial charge in [0.05, 0.1) is 29.5 Å². The summed E-state index contributed by atoms with van der Waals surface area (Å²) in [4.78, 5) is 34.5. The fourth-order valence-electron chi connectivity index (χ4n) is 4.64. The molecule has 1 amide bonds. The van der Waals surface area contributed by atoms with Crippen molar-refractivity contribution in [2.24, 2.45) is 5.92 Å². The molecule has 9 nitrogen and oxygen atoms in total. The van der Waals surface area contributed by atoms with Crippen molar-refractivity contribution in [2.75, 3.05) is 63.2 Å². The second kappa shape index (κ2) is 8.50. The molecule has 0 radical (unpaired) electrons. The maximum absolute atomic E-state index is 14.6. The molecule has 34 heavy (non-hydrogen) atoms. The number of likely N-dealkylation sites (N-methyl/N-ethyl adjacent to an activating group) is 1. The number of nitrogens with zero attached hydrogens (tertiary/aromatic N) is 8. The van der Waals surface area contributed by atoms with Gasteiger partial charge in [-0.05, 0) is 33.0 Å². The van der Waals surface area contributed by atoms with E-state index in [0.29, 0.717) is 19.0 Å². The molecule has 0 aliphatic carbocycles. The number of carbonyl (C=O) groups is 1. The average Bonchev–Trinajstić information content (AvgIpc) is 3.24. The normalized spacial score (nSPS) is 17.8. The highest BCUT2D eigenvalue weighted by Gasteiger charge is 2.41. The van der Waals surface area contributed by atoms with Crippen LogP contribution in [0.5, 0.6) is 0 Å².